The van der Waals surface area contributed by atoms with Crippen LogP contribution in [0.15, 0.2) is 42.0 Å². The lowest BCUT2D eigenvalue weighted by Crippen LogP contribution is -2.53. The van der Waals surface area contributed by atoms with Gasteiger partial charge in [0.1, 0.15) is 0 Å². The van der Waals surface area contributed by atoms with Gasteiger partial charge in [0.25, 0.3) is 0 Å². The number of carbonyl (C=O) groups is 4. The third kappa shape index (κ3) is 20.4. The van der Waals surface area contributed by atoms with Crippen molar-refractivity contribution in [3.05, 3.63) is 37.0 Å². The van der Waals surface area contributed by atoms with Gasteiger partial charge in [-0.05, 0) is 49.3 Å². The van der Waals surface area contributed by atoms with Crippen LogP contribution in [0.25, 0.3) is 0 Å². The summed E-state index contributed by atoms with van der Waals surface area (Å²) in [7, 11) is 6.76. The van der Waals surface area contributed by atoms with Gasteiger partial charge in [0.15, 0.2) is 0 Å². The van der Waals surface area contributed by atoms with E-state index < -0.39 is 12.0 Å². The quantitative estimate of drug-likeness (QED) is 0.0504. The highest BCUT2D eigenvalue weighted by Gasteiger charge is 2.38. The van der Waals surface area contributed by atoms with Gasteiger partial charge in [0.05, 0.1) is 53.9 Å². The lowest BCUT2D eigenvalue weighted by Gasteiger charge is -2.37. The number of nitrogens with two attached hydrogens (primary N) is 1. The SMILES string of the molecule is C=C/C=C(\C=C)CC(NC(=O)[C@H](C)[C@@H](OC)[C@@H]1CCCN1C=O)C(=NC)SC.CC.CCC.CCC(C)[C@@H]([C@@H](CC)OC)N(C)C(=O)CNC(=O)C(N)C(C)C. The van der Waals surface area contributed by atoms with E-state index in [-0.39, 0.29) is 60.5 Å². The van der Waals surface area contributed by atoms with E-state index in [4.69, 9.17) is 15.2 Å². The van der Waals surface area contributed by atoms with Crippen LogP contribution in [0.4, 0.5) is 0 Å². The van der Waals surface area contributed by atoms with Gasteiger partial charge in [-0.25, -0.2) is 0 Å². The molecule has 1 fully saturated rings. The predicted molar refractivity (Wildman–Crippen MR) is 238 cm³/mol. The zero-order valence-electron chi connectivity index (χ0n) is 37.9. The van der Waals surface area contributed by atoms with Crippen LogP contribution in [-0.4, -0.2) is 123 Å². The topological polar surface area (TPSA) is 156 Å². The fourth-order valence-electron chi connectivity index (χ4n) is 6.30. The molecule has 8 atom stereocenters. The van der Waals surface area contributed by atoms with E-state index in [0.29, 0.717) is 18.9 Å². The van der Waals surface area contributed by atoms with Crippen molar-refractivity contribution in [1.29, 1.82) is 0 Å². The number of hydrogen-bond donors (Lipinski definition) is 3. The summed E-state index contributed by atoms with van der Waals surface area (Å²) in [4.78, 5) is 56.5. The molecule has 1 saturated heterocycles. The summed E-state index contributed by atoms with van der Waals surface area (Å²) in [6, 6.07) is -0.952. The number of likely N-dealkylation sites (tertiary alicyclic amines) is 1. The second kappa shape index (κ2) is 34.1. The number of hydrogen-bond acceptors (Lipinski definition) is 9. The zero-order chi connectivity index (χ0) is 44.0. The minimum absolute atomic E-state index is 0.0156. The maximum absolute atomic E-state index is 13.0. The van der Waals surface area contributed by atoms with Crippen molar-refractivity contribution in [2.24, 2.45) is 28.5 Å². The van der Waals surface area contributed by atoms with Crippen LogP contribution in [-0.2, 0) is 28.7 Å². The molecule has 12 nitrogen and oxygen atoms in total. The maximum atomic E-state index is 13.0. The van der Waals surface area contributed by atoms with E-state index in [1.807, 2.05) is 53.9 Å². The average Bonchev–Trinajstić information content (AvgIpc) is 3.68. The normalized spacial score (nSPS) is 17.7. The van der Waals surface area contributed by atoms with E-state index in [0.717, 1.165) is 42.7 Å². The van der Waals surface area contributed by atoms with Gasteiger partial charge in [-0.2, -0.15) is 0 Å². The van der Waals surface area contributed by atoms with E-state index in [2.05, 4.69) is 56.5 Å². The Balaban J connectivity index is -0.000000913. The highest BCUT2D eigenvalue weighted by atomic mass is 32.2. The number of rotatable bonds is 21. The lowest BCUT2D eigenvalue weighted by atomic mass is 9.91. The molecule has 4 N–H and O–H groups in total. The number of nitrogens with zero attached hydrogens (tertiary/aromatic N) is 3. The summed E-state index contributed by atoms with van der Waals surface area (Å²) in [5.41, 5.74) is 6.75. The van der Waals surface area contributed by atoms with Crippen LogP contribution < -0.4 is 16.4 Å². The molecule has 1 aliphatic rings. The van der Waals surface area contributed by atoms with Gasteiger partial charge in [-0.3, -0.25) is 24.2 Å². The van der Waals surface area contributed by atoms with E-state index in [9.17, 15) is 19.2 Å². The van der Waals surface area contributed by atoms with Crippen molar-refractivity contribution in [3.63, 3.8) is 0 Å². The molecule has 1 heterocycles. The molecule has 1 aliphatic heterocycles. The van der Waals surface area contributed by atoms with Crippen molar-refractivity contribution < 1.29 is 28.7 Å². The number of amides is 4. The first-order valence-electron chi connectivity index (χ1n) is 20.4. The van der Waals surface area contributed by atoms with Gasteiger partial charge in [0.2, 0.25) is 24.1 Å². The third-order valence-electron chi connectivity index (χ3n) is 9.70. The molecule has 326 valence electrons. The largest absolute Gasteiger partial charge is 0.379 e. The van der Waals surface area contributed by atoms with Gasteiger partial charge < -0.3 is 35.6 Å². The number of methoxy groups -OCH3 is 2. The Labute approximate surface area is 346 Å². The van der Waals surface area contributed by atoms with Crippen molar-refractivity contribution in [1.82, 2.24) is 20.4 Å². The minimum Gasteiger partial charge on any atom is -0.379 e. The molecule has 56 heavy (non-hydrogen) atoms. The van der Waals surface area contributed by atoms with Crippen LogP contribution in [0.1, 0.15) is 108 Å². The number of carbonyl (C=O) groups excluding carboxylic acids is 4. The number of likely N-dealkylation sites (N-methyl/N-ethyl adjacent to an activating group) is 1. The Bertz CT molecular complexity index is 1180. The van der Waals surface area contributed by atoms with Crippen LogP contribution in [0, 0.1) is 17.8 Å². The first-order chi connectivity index (χ1) is 26.6. The van der Waals surface area contributed by atoms with Crippen LogP contribution in [0.2, 0.25) is 0 Å². The smallest absolute Gasteiger partial charge is 0.242 e. The molecule has 13 heteroatoms. The molecule has 0 aliphatic carbocycles. The van der Waals surface area contributed by atoms with E-state index >= 15 is 0 Å². The van der Waals surface area contributed by atoms with Gasteiger partial charge in [-0.1, -0.05) is 113 Å². The molecule has 0 aromatic heterocycles. The molecule has 0 aromatic carbocycles. The molecule has 0 bridgehead atoms. The highest BCUT2D eigenvalue weighted by molar-refractivity contribution is 8.13. The number of nitrogens with one attached hydrogen (secondary N) is 2. The number of allylic oxidation sites excluding steroid dienone is 3. The summed E-state index contributed by atoms with van der Waals surface area (Å²) in [5.74, 6) is -0.604. The standard InChI is InChI=1S/C21H33N3O3S.C17H35N3O3.C3H8.C2H6/c1-7-10-16(8-2)13-17(21(22-4)28-6)23-20(26)15(3)19(27-5)18-11-9-12-24(18)14-25;1-8-12(5)16(13(9-2)23-7)20(6)14(21)10-19-17(22)15(18)11(3)4;1-3-2;1-2/h7-8,10,14-15,17-19H,1-2,9,11-13H2,3-6H3,(H,23,26);11-13,15-16H,8-10,18H2,1-7H3,(H,19,22);3H2,1-2H3;1-2H3/b16-10+,22-21?;;;/t15-,17?,18+,19-;12?,13-,15?,16+;;/m11../s1. The first-order valence-corrected chi connectivity index (χ1v) is 21.6. The molecule has 4 amide bonds. The monoisotopic (exact) mass is 811 g/mol. The fraction of sp³-hybridized carbons (Fsp3) is 0.744. The molecule has 0 saturated carbocycles. The Morgan fingerprint density at radius 3 is 2.04 bits per heavy atom. The molecular weight excluding hydrogens is 729 g/mol. The second-order valence-electron chi connectivity index (χ2n) is 14.0. The Hall–Kier alpha value is -3.00. The molecule has 3 unspecified atom stereocenters. The first kappa shape index (κ1) is 57.3. The average molecular weight is 811 g/mol. The zero-order valence-corrected chi connectivity index (χ0v) is 38.7. The van der Waals surface area contributed by atoms with Gasteiger partial charge in [0, 0.05) is 34.9 Å². The van der Waals surface area contributed by atoms with Crippen LogP contribution in [0.5, 0.6) is 0 Å². The van der Waals surface area contributed by atoms with Gasteiger partial charge in [-0.15, -0.1) is 11.8 Å². The lowest BCUT2D eigenvalue weighted by molar-refractivity contribution is -0.138. The van der Waals surface area contributed by atoms with E-state index in [1.54, 1.807) is 50.3 Å². The molecule has 0 radical (unpaired) electrons. The summed E-state index contributed by atoms with van der Waals surface area (Å²) >= 11 is 1.51. The number of thioether (sulfide) groups is 1. The van der Waals surface area contributed by atoms with Crippen molar-refractivity contribution in [2.75, 3.05) is 47.7 Å². The van der Waals surface area contributed by atoms with E-state index in [1.165, 1.54) is 18.2 Å². The number of ether oxygens (including phenoxy) is 2. The van der Waals surface area contributed by atoms with Crippen molar-refractivity contribution in [2.45, 2.75) is 144 Å². The summed E-state index contributed by atoms with van der Waals surface area (Å²) in [6.07, 6.45) is 13.1. The summed E-state index contributed by atoms with van der Waals surface area (Å²) in [5, 5.41) is 6.58. The number of aliphatic imine (C=N–C) groups is 1. The van der Waals surface area contributed by atoms with Crippen LogP contribution >= 0.6 is 11.8 Å². The fourth-order valence-corrected chi connectivity index (χ4v) is 6.91. The van der Waals surface area contributed by atoms with Crippen LogP contribution in [0.3, 0.4) is 0 Å². The second-order valence-corrected chi connectivity index (χ2v) is 14.8. The Morgan fingerprint density at radius 1 is 1.04 bits per heavy atom. The highest BCUT2D eigenvalue weighted by Crippen LogP contribution is 2.26. The van der Waals surface area contributed by atoms with Gasteiger partial charge >= 0.3 is 0 Å². The molecule has 0 spiro atoms. The predicted octanol–water partition coefficient (Wildman–Crippen LogP) is 6.65. The minimum atomic E-state index is -0.596. The molecule has 0 aromatic rings. The summed E-state index contributed by atoms with van der Waals surface area (Å²) < 4.78 is 11.2. The van der Waals surface area contributed by atoms with Crippen molar-refractivity contribution >= 4 is 40.9 Å². The molecular formula is C43H82N6O6S. The van der Waals surface area contributed by atoms with Crippen molar-refractivity contribution in [3.8, 4) is 0 Å². The third-order valence-corrected chi connectivity index (χ3v) is 10.6. The Morgan fingerprint density at radius 2 is 1.62 bits per heavy atom. The molecule has 1 rings (SSSR count). The summed E-state index contributed by atoms with van der Waals surface area (Å²) in [6.45, 7) is 28.3. The Kier molecular flexibility index (Phi) is 34.9. The maximum Gasteiger partial charge on any atom is 0.242 e.